The van der Waals surface area contributed by atoms with Gasteiger partial charge in [0.2, 0.25) is 5.79 Å². The number of hydrogen-bond acceptors (Lipinski definition) is 5. The molecule has 5 heteroatoms. The fourth-order valence-electron chi connectivity index (χ4n) is 3.22. The molecular weight excluding hydrogens is 260 g/mol. The van der Waals surface area contributed by atoms with Gasteiger partial charge in [-0.3, -0.25) is 0 Å². The van der Waals surface area contributed by atoms with Gasteiger partial charge in [0, 0.05) is 12.8 Å². The number of hydrogen-bond donors (Lipinski definition) is 0. The van der Waals surface area contributed by atoms with Crippen molar-refractivity contribution < 1.29 is 23.7 Å². The molecule has 5 nitrogen and oxygen atoms in total. The SMILES string of the molecule is C=C[C@]1(C)OC2(CCCCO2)C2(CCCCO2)OC1=O. The largest absolute Gasteiger partial charge is 0.425 e. The quantitative estimate of drug-likeness (QED) is 0.545. The lowest BCUT2D eigenvalue weighted by atomic mass is 9.87. The van der Waals surface area contributed by atoms with Crippen LogP contribution in [0, 0.1) is 0 Å². The molecule has 2 unspecified atom stereocenters. The highest BCUT2D eigenvalue weighted by atomic mass is 16.8. The molecule has 0 radical (unpaired) electrons. The van der Waals surface area contributed by atoms with E-state index in [9.17, 15) is 4.79 Å². The number of carbonyl (C=O) groups excluding carboxylic acids is 1. The second-order valence-corrected chi connectivity index (χ2v) is 5.92. The van der Waals surface area contributed by atoms with Crippen LogP contribution in [0.5, 0.6) is 0 Å². The number of carbonyl (C=O) groups is 1. The molecule has 3 heterocycles. The molecule has 3 aliphatic heterocycles. The molecular formula is C15H22O5. The van der Waals surface area contributed by atoms with Crippen molar-refractivity contribution in [3.05, 3.63) is 12.7 Å². The van der Waals surface area contributed by atoms with Crippen molar-refractivity contribution >= 4 is 5.97 Å². The molecule has 0 aliphatic carbocycles. The zero-order chi connectivity index (χ0) is 14.3. The van der Waals surface area contributed by atoms with Crippen molar-refractivity contribution in [2.45, 2.75) is 62.6 Å². The van der Waals surface area contributed by atoms with E-state index in [1.165, 1.54) is 6.08 Å². The molecule has 0 aromatic rings. The van der Waals surface area contributed by atoms with Gasteiger partial charge in [-0.15, -0.1) is 0 Å². The Morgan fingerprint density at radius 1 is 1.05 bits per heavy atom. The molecule has 0 bridgehead atoms. The van der Waals surface area contributed by atoms with Crippen LogP contribution in [0.4, 0.5) is 0 Å². The average molecular weight is 282 g/mol. The van der Waals surface area contributed by atoms with Crippen molar-refractivity contribution in [3.63, 3.8) is 0 Å². The average Bonchev–Trinajstić information content (AvgIpc) is 2.47. The van der Waals surface area contributed by atoms with Crippen molar-refractivity contribution in [2.24, 2.45) is 0 Å². The van der Waals surface area contributed by atoms with E-state index >= 15 is 0 Å². The lowest BCUT2D eigenvalue weighted by molar-refractivity contribution is -0.450. The molecule has 3 rings (SSSR count). The van der Waals surface area contributed by atoms with Gasteiger partial charge in [0.05, 0.1) is 13.2 Å². The second-order valence-electron chi connectivity index (χ2n) is 5.92. The van der Waals surface area contributed by atoms with E-state index in [1.54, 1.807) is 6.92 Å². The first kappa shape index (κ1) is 14.0. The van der Waals surface area contributed by atoms with E-state index in [0.29, 0.717) is 26.1 Å². The number of ether oxygens (including phenoxy) is 4. The summed E-state index contributed by atoms with van der Waals surface area (Å²) in [7, 11) is 0. The molecule has 3 saturated heterocycles. The summed E-state index contributed by atoms with van der Waals surface area (Å²) in [6.07, 6.45) is 6.62. The number of rotatable bonds is 1. The maximum atomic E-state index is 12.3. The lowest BCUT2D eigenvalue weighted by Gasteiger charge is -2.56. The van der Waals surface area contributed by atoms with Crippen LogP contribution in [0.25, 0.3) is 0 Å². The minimum absolute atomic E-state index is 0.450. The van der Waals surface area contributed by atoms with Gasteiger partial charge in [-0.05, 0) is 38.7 Å². The highest BCUT2D eigenvalue weighted by Gasteiger charge is 2.66. The fraction of sp³-hybridized carbons (Fsp3) is 0.800. The van der Waals surface area contributed by atoms with Gasteiger partial charge in [0.25, 0.3) is 5.79 Å². The van der Waals surface area contributed by atoms with Crippen LogP contribution in [-0.4, -0.2) is 36.4 Å². The number of fused-ring (bicyclic) bond motifs is 1. The summed E-state index contributed by atoms with van der Waals surface area (Å²) in [5.41, 5.74) is -1.18. The molecule has 0 saturated carbocycles. The zero-order valence-electron chi connectivity index (χ0n) is 12.0. The second kappa shape index (κ2) is 4.83. The molecule has 0 aromatic carbocycles. The van der Waals surface area contributed by atoms with E-state index in [1.807, 2.05) is 0 Å². The lowest BCUT2D eigenvalue weighted by Crippen LogP contribution is -2.71. The first-order chi connectivity index (χ1) is 9.56. The Morgan fingerprint density at radius 2 is 1.65 bits per heavy atom. The summed E-state index contributed by atoms with van der Waals surface area (Å²) < 4.78 is 23.7. The van der Waals surface area contributed by atoms with Crippen LogP contribution >= 0.6 is 0 Å². The highest BCUT2D eigenvalue weighted by molar-refractivity contribution is 5.82. The monoisotopic (exact) mass is 282 g/mol. The maximum absolute atomic E-state index is 12.3. The number of esters is 1. The van der Waals surface area contributed by atoms with Gasteiger partial charge < -0.3 is 18.9 Å². The van der Waals surface area contributed by atoms with E-state index in [2.05, 4.69) is 6.58 Å². The Labute approximate surface area is 119 Å². The zero-order valence-corrected chi connectivity index (χ0v) is 12.0. The molecule has 0 N–H and O–H groups in total. The van der Waals surface area contributed by atoms with Gasteiger partial charge in [-0.25, -0.2) is 4.79 Å². The van der Waals surface area contributed by atoms with Crippen LogP contribution < -0.4 is 0 Å². The van der Waals surface area contributed by atoms with Crippen molar-refractivity contribution in [2.75, 3.05) is 13.2 Å². The summed E-state index contributed by atoms with van der Waals surface area (Å²) >= 11 is 0. The van der Waals surface area contributed by atoms with Crippen molar-refractivity contribution in [3.8, 4) is 0 Å². The minimum atomic E-state index is -1.18. The first-order valence-corrected chi connectivity index (χ1v) is 7.41. The van der Waals surface area contributed by atoms with E-state index in [-0.39, 0.29) is 0 Å². The summed E-state index contributed by atoms with van der Waals surface area (Å²) in [5.74, 6) is -2.54. The van der Waals surface area contributed by atoms with Gasteiger partial charge in [0.1, 0.15) is 0 Å². The Morgan fingerprint density at radius 3 is 2.15 bits per heavy atom. The first-order valence-electron chi connectivity index (χ1n) is 7.41. The Hall–Kier alpha value is -0.910. The van der Waals surface area contributed by atoms with Crippen LogP contribution in [0.15, 0.2) is 12.7 Å². The third kappa shape index (κ3) is 1.91. The molecule has 0 aromatic heterocycles. The predicted molar refractivity (Wildman–Crippen MR) is 70.8 cm³/mol. The van der Waals surface area contributed by atoms with E-state index in [4.69, 9.17) is 18.9 Å². The molecule has 3 aliphatic rings. The van der Waals surface area contributed by atoms with Crippen LogP contribution in [0.1, 0.15) is 45.4 Å². The summed E-state index contributed by atoms with van der Waals surface area (Å²) in [5, 5.41) is 0. The molecule has 20 heavy (non-hydrogen) atoms. The molecule has 0 amide bonds. The normalized spacial score (nSPS) is 45.4. The standard InChI is InChI=1S/C15H22O5/c1-3-13(2)12(16)19-14(8-4-6-10-17-14)15(20-13)9-5-7-11-18-15/h3H,1,4-11H2,2H3/t13-,14?,15?/m0/s1. The van der Waals surface area contributed by atoms with Crippen molar-refractivity contribution in [1.82, 2.24) is 0 Å². The Kier molecular flexibility index (Phi) is 3.39. The van der Waals surface area contributed by atoms with Gasteiger partial charge in [-0.2, -0.15) is 0 Å². The van der Waals surface area contributed by atoms with Gasteiger partial charge in [-0.1, -0.05) is 6.58 Å². The Bertz CT molecular complexity index is 406. The predicted octanol–water partition coefficient (Wildman–Crippen LogP) is 2.30. The minimum Gasteiger partial charge on any atom is -0.425 e. The smallest absolute Gasteiger partial charge is 0.345 e. The van der Waals surface area contributed by atoms with Gasteiger partial charge in [0.15, 0.2) is 5.60 Å². The van der Waals surface area contributed by atoms with E-state index in [0.717, 1.165) is 25.7 Å². The van der Waals surface area contributed by atoms with Crippen LogP contribution in [-0.2, 0) is 23.7 Å². The van der Waals surface area contributed by atoms with Crippen LogP contribution in [0.2, 0.25) is 0 Å². The molecule has 3 fully saturated rings. The maximum Gasteiger partial charge on any atom is 0.345 e. The molecule has 2 spiro atoms. The van der Waals surface area contributed by atoms with Crippen molar-refractivity contribution in [1.29, 1.82) is 0 Å². The van der Waals surface area contributed by atoms with Crippen LogP contribution in [0.3, 0.4) is 0 Å². The molecule has 3 atom stereocenters. The van der Waals surface area contributed by atoms with Gasteiger partial charge >= 0.3 is 5.97 Å². The summed E-state index contributed by atoms with van der Waals surface area (Å²) in [4.78, 5) is 12.3. The Balaban J connectivity index is 1.99. The molecule has 112 valence electrons. The third-order valence-corrected chi connectivity index (χ3v) is 4.48. The summed E-state index contributed by atoms with van der Waals surface area (Å²) in [6, 6.07) is 0. The fourth-order valence-corrected chi connectivity index (χ4v) is 3.22. The topological polar surface area (TPSA) is 54.0 Å². The summed E-state index contributed by atoms with van der Waals surface area (Å²) in [6.45, 7) is 6.52. The third-order valence-electron chi connectivity index (χ3n) is 4.48. The van der Waals surface area contributed by atoms with E-state index < -0.39 is 23.1 Å². The highest BCUT2D eigenvalue weighted by Crippen LogP contribution is 2.50.